The van der Waals surface area contributed by atoms with Crippen LogP contribution in [-0.4, -0.2) is 34.4 Å². The SMILES string of the molecule is CC1(C)CN(C(=O)c2cccnc2)C(c2ccccc2)CN1. The van der Waals surface area contributed by atoms with Gasteiger partial charge in [0, 0.05) is 31.0 Å². The average Bonchev–Trinajstić information content (AvgIpc) is 2.55. The predicted molar refractivity (Wildman–Crippen MR) is 86.5 cm³/mol. The van der Waals surface area contributed by atoms with Crippen molar-refractivity contribution in [1.82, 2.24) is 15.2 Å². The molecule has 1 saturated heterocycles. The number of nitrogens with zero attached hydrogens (tertiary/aromatic N) is 2. The third-order valence-electron chi connectivity index (χ3n) is 4.07. The second kappa shape index (κ2) is 5.89. The fourth-order valence-electron chi connectivity index (χ4n) is 2.92. The van der Waals surface area contributed by atoms with Gasteiger partial charge in [-0.15, -0.1) is 0 Å². The zero-order valence-electron chi connectivity index (χ0n) is 13.0. The van der Waals surface area contributed by atoms with Gasteiger partial charge in [0.15, 0.2) is 0 Å². The van der Waals surface area contributed by atoms with Gasteiger partial charge in [-0.2, -0.15) is 0 Å². The Kier molecular flexibility index (Phi) is 3.94. The molecule has 4 heteroatoms. The second-order valence-electron chi connectivity index (χ2n) is 6.37. The quantitative estimate of drug-likeness (QED) is 0.926. The molecule has 1 aromatic carbocycles. The summed E-state index contributed by atoms with van der Waals surface area (Å²) >= 11 is 0. The summed E-state index contributed by atoms with van der Waals surface area (Å²) < 4.78 is 0. The number of carbonyl (C=O) groups is 1. The van der Waals surface area contributed by atoms with Crippen LogP contribution in [0.4, 0.5) is 0 Å². The smallest absolute Gasteiger partial charge is 0.256 e. The highest BCUT2D eigenvalue weighted by molar-refractivity contribution is 5.94. The molecule has 2 heterocycles. The van der Waals surface area contributed by atoms with Gasteiger partial charge in [0.2, 0.25) is 0 Å². The number of nitrogens with one attached hydrogen (secondary N) is 1. The molecule has 1 fully saturated rings. The Labute approximate surface area is 131 Å². The number of piperazine rings is 1. The van der Waals surface area contributed by atoms with Crippen molar-refractivity contribution < 1.29 is 4.79 Å². The highest BCUT2D eigenvalue weighted by Crippen LogP contribution is 2.28. The van der Waals surface area contributed by atoms with Crippen molar-refractivity contribution in [2.45, 2.75) is 25.4 Å². The van der Waals surface area contributed by atoms with Crippen molar-refractivity contribution in [2.24, 2.45) is 0 Å². The molecule has 114 valence electrons. The predicted octanol–water partition coefficient (Wildman–Crippen LogP) is 2.65. The summed E-state index contributed by atoms with van der Waals surface area (Å²) in [5.41, 5.74) is 1.70. The Hall–Kier alpha value is -2.20. The van der Waals surface area contributed by atoms with Gasteiger partial charge in [-0.1, -0.05) is 30.3 Å². The molecule has 0 bridgehead atoms. The van der Waals surface area contributed by atoms with E-state index in [-0.39, 0.29) is 17.5 Å². The number of rotatable bonds is 2. The van der Waals surface area contributed by atoms with Crippen molar-refractivity contribution in [1.29, 1.82) is 0 Å². The number of pyridine rings is 1. The van der Waals surface area contributed by atoms with E-state index in [1.165, 1.54) is 0 Å². The van der Waals surface area contributed by atoms with E-state index in [0.717, 1.165) is 12.1 Å². The van der Waals surface area contributed by atoms with Crippen molar-refractivity contribution in [3.8, 4) is 0 Å². The first-order valence-corrected chi connectivity index (χ1v) is 7.58. The number of carbonyl (C=O) groups excluding carboxylic acids is 1. The molecule has 1 atom stereocenters. The molecular weight excluding hydrogens is 274 g/mol. The lowest BCUT2D eigenvalue weighted by Crippen LogP contribution is -2.59. The van der Waals surface area contributed by atoms with Crippen LogP contribution in [0.15, 0.2) is 54.9 Å². The Morgan fingerprint density at radius 1 is 1.23 bits per heavy atom. The van der Waals surface area contributed by atoms with Gasteiger partial charge >= 0.3 is 0 Å². The molecule has 1 aromatic heterocycles. The topological polar surface area (TPSA) is 45.2 Å². The van der Waals surface area contributed by atoms with Crippen LogP contribution < -0.4 is 5.32 Å². The van der Waals surface area contributed by atoms with Gasteiger partial charge in [-0.05, 0) is 31.5 Å². The number of aromatic nitrogens is 1. The van der Waals surface area contributed by atoms with E-state index in [1.807, 2.05) is 29.2 Å². The maximum absolute atomic E-state index is 12.9. The van der Waals surface area contributed by atoms with Gasteiger partial charge in [0.1, 0.15) is 0 Å². The summed E-state index contributed by atoms with van der Waals surface area (Å²) in [4.78, 5) is 19.0. The molecule has 0 aliphatic carbocycles. The Bertz CT molecular complexity index is 640. The summed E-state index contributed by atoms with van der Waals surface area (Å²) in [6.45, 7) is 5.67. The molecule has 0 radical (unpaired) electrons. The van der Waals surface area contributed by atoms with Crippen LogP contribution in [0, 0.1) is 0 Å². The van der Waals surface area contributed by atoms with Crippen LogP contribution in [0.2, 0.25) is 0 Å². The molecule has 4 nitrogen and oxygen atoms in total. The van der Waals surface area contributed by atoms with E-state index in [9.17, 15) is 4.79 Å². The van der Waals surface area contributed by atoms with Gasteiger partial charge in [0.05, 0.1) is 11.6 Å². The first-order valence-electron chi connectivity index (χ1n) is 7.58. The molecule has 1 N–H and O–H groups in total. The summed E-state index contributed by atoms with van der Waals surface area (Å²) in [5, 5.41) is 3.53. The first kappa shape index (κ1) is 14.7. The first-order chi connectivity index (χ1) is 10.6. The summed E-state index contributed by atoms with van der Waals surface area (Å²) in [6, 6.07) is 13.9. The minimum absolute atomic E-state index is 0.0385. The fraction of sp³-hybridized carbons (Fsp3) is 0.333. The van der Waals surface area contributed by atoms with E-state index in [4.69, 9.17) is 0 Å². The lowest BCUT2D eigenvalue weighted by molar-refractivity contribution is 0.0501. The number of hydrogen-bond donors (Lipinski definition) is 1. The van der Waals surface area contributed by atoms with Gasteiger partial charge < -0.3 is 10.2 Å². The molecule has 3 rings (SSSR count). The largest absolute Gasteiger partial charge is 0.328 e. The van der Waals surface area contributed by atoms with Gasteiger partial charge in [-0.25, -0.2) is 0 Å². The molecule has 1 aliphatic heterocycles. The number of benzene rings is 1. The lowest BCUT2D eigenvalue weighted by Gasteiger charge is -2.44. The highest BCUT2D eigenvalue weighted by atomic mass is 16.2. The number of amides is 1. The molecule has 1 unspecified atom stereocenters. The molecule has 0 spiro atoms. The molecular formula is C18H21N3O. The maximum Gasteiger partial charge on any atom is 0.256 e. The maximum atomic E-state index is 12.9. The summed E-state index contributed by atoms with van der Waals surface area (Å²) in [6.07, 6.45) is 3.33. The van der Waals surface area contributed by atoms with Crippen molar-refractivity contribution in [3.05, 3.63) is 66.0 Å². The zero-order valence-corrected chi connectivity index (χ0v) is 13.0. The third kappa shape index (κ3) is 3.02. The van der Waals surface area contributed by atoms with Crippen LogP contribution in [-0.2, 0) is 0 Å². The van der Waals surface area contributed by atoms with Gasteiger partial charge in [0.25, 0.3) is 5.91 Å². The second-order valence-corrected chi connectivity index (χ2v) is 6.37. The minimum Gasteiger partial charge on any atom is -0.328 e. The Morgan fingerprint density at radius 2 is 2.00 bits per heavy atom. The summed E-state index contributed by atoms with van der Waals surface area (Å²) in [7, 11) is 0. The molecule has 1 amide bonds. The van der Waals surface area contributed by atoms with E-state index < -0.39 is 0 Å². The number of hydrogen-bond acceptors (Lipinski definition) is 3. The van der Waals surface area contributed by atoms with Crippen LogP contribution in [0.1, 0.15) is 35.8 Å². The van der Waals surface area contributed by atoms with E-state index in [1.54, 1.807) is 18.5 Å². The van der Waals surface area contributed by atoms with Crippen LogP contribution in [0.3, 0.4) is 0 Å². The van der Waals surface area contributed by atoms with Crippen molar-refractivity contribution >= 4 is 5.91 Å². The standard InChI is InChI=1S/C18H21N3O/c1-18(2)13-21(17(22)15-9-6-10-19-11-15)16(12-20-18)14-7-4-3-5-8-14/h3-11,16,20H,12-13H2,1-2H3. The van der Waals surface area contributed by atoms with Crippen LogP contribution >= 0.6 is 0 Å². The van der Waals surface area contributed by atoms with E-state index in [0.29, 0.717) is 12.1 Å². The van der Waals surface area contributed by atoms with Crippen molar-refractivity contribution in [3.63, 3.8) is 0 Å². The van der Waals surface area contributed by atoms with Crippen LogP contribution in [0.25, 0.3) is 0 Å². The molecule has 0 saturated carbocycles. The van der Waals surface area contributed by atoms with Crippen molar-refractivity contribution in [2.75, 3.05) is 13.1 Å². The molecule has 2 aromatic rings. The Morgan fingerprint density at radius 3 is 2.68 bits per heavy atom. The normalized spacial score (nSPS) is 20.6. The minimum atomic E-state index is -0.0941. The third-order valence-corrected chi connectivity index (χ3v) is 4.07. The summed E-state index contributed by atoms with van der Waals surface area (Å²) in [5.74, 6) is 0.0385. The fourth-order valence-corrected chi connectivity index (χ4v) is 2.92. The Balaban J connectivity index is 1.93. The highest BCUT2D eigenvalue weighted by Gasteiger charge is 2.36. The lowest BCUT2D eigenvalue weighted by atomic mass is 9.94. The molecule has 22 heavy (non-hydrogen) atoms. The monoisotopic (exact) mass is 295 g/mol. The zero-order chi connectivity index (χ0) is 15.6. The average molecular weight is 295 g/mol. The van der Waals surface area contributed by atoms with E-state index in [2.05, 4.69) is 36.3 Å². The van der Waals surface area contributed by atoms with Gasteiger partial charge in [-0.3, -0.25) is 9.78 Å². The van der Waals surface area contributed by atoms with Crippen LogP contribution in [0.5, 0.6) is 0 Å². The molecule has 1 aliphatic rings. The van der Waals surface area contributed by atoms with E-state index >= 15 is 0 Å².